The van der Waals surface area contributed by atoms with E-state index in [2.05, 4.69) is 0 Å². The van der Waals surface area contributed by atoms with E-state index in [1.165, 1.54) is 12.1 Å². The summed E-state index contributed by atoms with van der Waals surface area (Å²) in [5, 5.41) is 0. The Morgan fingerprint density at radius 1 is 1.04 bits per heavy atom. The highest BCUT2D eigenvalue weighted by molar-refractivity contribution is 6.08. The Bertz CT molecular complexity index is 969. The van der Waals surface area contributed by atoms with Gasteiger partial charge in [0.2, 0.25) is 0 Å². The summed E-state index contributed by atoms with van der Waals surface area (Å²) in [6, 6.07) is 19.8. The van der Waals surface area contributed by atoms with Crippen molar-refractivity contribution in [2.45, 2.75) is 6.42 Å². The van der Waals surface area contributed by atoms with Crippen LogP contribution >= 0.6 is 0 Å². The van der Waals surface area contributed by atoms with Gasteiger partial charge < -0.3 is 9.64 Å². The largest absolute Gasteiger partial charge is 0.496 e. The van der Waals surface area contributed by atoms with Crippen LogP contribution in [0.3, 0.4) is 0 Å². The van der Waals surface area contributed by atoms with E-state index in [1.807, 2.05) is 36.4 Å². The third-order valence-corrected chi connectivity index (χ3v) is 4.72. The first kappa shape index (κ1) is 16.3. The zero-order valence-electron chi connectivity index (χ0n) is 14.4. The minimum absolute atomic E-state index is 0.130. The number of fused-ring (bicyclic) bond motifs is 1. The maximum absolute atomic E-state index is 13.6. The molecule has 3 aromatic rings. The van der Waals surface area contributed by atoms with Gasteiger partial charge in [0.25, 0.3) is 5.91 Å². The minimum atomic E-state index is -0.330. The number of amides is 1. The van der Waals surface area contributed by atoms with Gasteiger partial charge in [-0.05, 0) is 47.9 Å². The van der Waals surface area contributed by atoms with E-state index in [0.29, 0.717) is 23.5 Å². The molecule has 0 atom stereocenters. The molecule has 0 fully saturated rings. The second-order valence-corrected chi connectivity index (χ2v) is 6.26. The van der Waals surface area contributed by atoms with Gasteiger partial charge in [-0.2, -0.15) is 0 Å². The number of benzene rings is 3. The van der Waals surface area contributed by atoms with Gasteiger partial charge in [0.15, 0.2) is 0 Å². The molecule has 4 heteroatoms. The van der Waals surface area contributed by atoms with Gasteiger partial charge >= 0.3 is 0 Å². The average Bonchev–Trinajstić information content (AvgIpc) is 3.10. The molecule has 26 heavy (non-hydrogen) atoms. The van der Waals surface area contributed by atoms with Crippen molar-refractivity contribution in [1.82, 2.24) is 0 Å². The molecule has 0 saturated carbocycles. The maximum atomic E-state index is 13.6. The molecule has 0 saturated heterocycles. The number of hydrogen-bond donors (Lipinski definition) is 0. The quantitative estimate of drug-likeness (QED) is 0.687. The summed E-state index contributed by atoms with van der Waals surface area (Å²) < 4.78 is 19.1. The lowest BCUT2D eigenvalue weighted by atomic mass is 10.0. The molecule has 3 aromatic carbocycles. The van der Waals surface area contributed by atoms with E-state index in [1.54, 1.807) is 30.2 Å². The molecule has 0 aromatic heterocycles. The number of nitrogens with zero attached hydrogens (tertiary/aromatic N) is 1. The van der Waals surface area contributed by atoms with Crippen LogP contribution in [0, 0.1) is 5.82 Å². The van der Waals surface area contributed by atoms with E-state index >= 15 is 0 Å². The van der Waals surface area contributed by atoms with Crippen LogP contribution in [0.1, 0.15) is 15.9 Å². The van der Waals surface area contributed by atoms with Gasteiger partial charge in [0.1, 0.15) is 11.6 Å². The van der Waals surface area contributed by atoms with E-state index in [9.17, 15) is 9.18 Å². The van der Waals surface area contributed by atoms with Crippen LogP contribution in [0.15, 0.2) is 66.7 Å². The monoisotopic (exact) mass is 347 g/mol. The Morgan fingerprint density at radius 3 is 2.62 bits per heavy atom. The fraction of sp³-hybridized carbons (Fsp3) is 0.136. The standard InChI is InChI=1S/C22H18FNO2/c1-26-21-10-8-17(13-19(21)15-5-3-2-4-6-15)22(25)24-12-11-16-7-9-18(23)14-20(16)24/h2-10,13-14H,11-12H2,1H3. The van der Waals surface area contributed by atoms with Crippen LogP contribution in [0.4, 0.5) is 10.1 Å². The summed E-state index contributed by atoms with van der Waals surface area (Å²) in [6.07, 6.45) is 0.739. The van der Waals surface area contributed by atoms with Crippen LogP contribution in [0.25, 0.3) is 11.1 Å². The Kier molecular flexibility index (Phi) is 4.17. The molecule has 1 heterocycles. The van der Waals surface area contributed by atoms with Crippen LogP contribution in [0.5, 0.6) is 5.75 Å². The van der Waals surface area contributed by atoms with Gasteiger partial charge in [-0.3, -0.25) is 4.79 Å². The van der Waals surface area contributed by atoms with Gasteiger partial charge in [0, 0.05) is 17.7 Å². The number of methoxy groups -OCH3 is 1. The lowest BCUT2D eigenvalue weighted by Gasteiger charge is -2.19. The molecule has 0 bridgehead atoms. The summed E-state index contributed by atoms with van der Waals surface area (Å²) in [6.45, 7) is 0.560. The molecular formula is C22H18FNO2. The highest BCUT2D eigenvalue weighted by atomic mass is 19.1. The highest BCUT2D eigenvalue weighted by Crippen LogP contribution is 2.34. The molecule has 0 spiro atoms. The van der Waals surface area contributed by atoms with E-state index in [4.69, 9.17) is 4.74 Å². The van der Waals surface area contributed by atoms with Crippen molar-refractivity contribution < 1.29 is 13.9 Å². The summed E-state index contributed by atoms with van der Waals surface area (Å²) in [4.78, 5) is 14.7. The van der Waals surface area contributed by atoms with Gasteiger partial charge in [-0.15, -0.1) is 0 Å². The second kappa shape index (κ2) is 6.64. The lowest BCUT2D eigenvalue weighted by Crippen LogP contribution is -2.29. The number of hydrogen-bond acceptors (Lipinski definition) is 2. The Balaban J connectivity index is 1.73. The molecule has 1 aliphatic heterocycles. The molecule has 1 amide bonds. The molecule has 0 radical (unpaired) electrons. The van der Waals surface area contributed by atoms with E-state index < -0.39 is 0 Å². The maximum Gasteiger partial charge on any atom is 0.258 e. The molecule has 0 unspecified atom stereocenters. The molecule has 0 N–H and O–H groups in total. The SMILES string of the molecule is COc1ccc(C(=O)N2CCc3ccc(F)cc32)cc1-c1ccccc1. The predicted molar refractivity (Wildman–Crippen MR) is 100 cm³/mol. The summed E-state index contributed by atoms with van der Waals surface area (Å²) in [5.74, 6) is 0.248. The molecule has 4 rings (SSSR count). The van der Waals surface area contributed by atoms with Crippen molar-refractivity contribution in [2.75, 3.05) is 18.6 Å². The summed E-state index contributed by atoms with van der Waals surface area (Å²) >= 11 is 0. The first-order chi connectivity index (χ1) is 12.7. The zero-order valence-corrected chi connectivity index (χ0v) is 14.4. The van der Waals surface area contributed by atoms with Crippen LogP contribution in [-0.2, 0) is 6.42 Å². The number of halogens is 1. The van der Waals surface area contributed by atoms with Crippen LogP contribution in [0.2, 0.25) is 0 Å². The van der Waals surface area contributed by atoms with E-state index in [0.717, 1.165) is 23.1 Å². The number of carbonyl (C=O) groups is 1. The van der Waals surface area contributed by atoms with Gasteiger partial charge in [-0.1, -0.05) is 36.4 Å². The Labute approximate surface area is 151 Å². The molecule has 1 aliphatic rings. The fourth-order valence-electron chi connectivity index (χ4n) is 3.40. The topological polar surface area (TPSA) is 29.5 Å². The average molecular weight is 347 g/mol. The first-order valence-electron chi connectivity index (χ1n) is 8.51. The second-order valence-electron chi connectivity index (χ2n) is 6.26. The molecule has 0 aliphatic carbocycles. The Morgan fingerprint density at radius 2 is 1.85 bits per heavy atom. The van der Waals surface area contributed by atoms with Crippen molar-refractivity contribution in [3.8, 4) is 16.9 Å². The minimum Gasteiger partial charge on any atom is -0.496 e. The fourth-order valence-corrected chi connectivity index (χ4v) is 3.40. The smallest absolute Gasteiger partial charge is 0.258 e. The number of rotatable bonds is 3. The van der Waals surface area contributed by atoms with Crippen molar-refractivity contribution >= 4 is 11.6 Å². The van der Waals surface area contributed by atoms with Crippen molar-refractivity contribution in [1.29, 1.82) is 0 Å². The highest BCUT2D eigenvalue weighted by Gasteiger charge is 2.26. The van der Waals surface area contributed by atoms with Crippen LogP contribution < -0.4 is 9.64 Å². The normalized spacial score (nSPS) is 12.8. The zero-order chi connectivity index (χ0) is 18.1. The lowest BCUT2D eigenvalue weighted by molar-refractivity contribution is 0.0989. The van der Waals surface area contributed by atoms with Crippen LogP contribution in [-0.4, -0.2) is 19.6 Å². The van der Waals surface area contributed by atoms with E-state index in [-0.39, 0.29) is 11.7 Å². The predicted octanol–water partition coefficient (Wildman–Crippen LogP) is 4.70. The van der Waals surface area contributed by atoms with Gasteiger partial charge in [0.05, 0.1) is 12.8 Å². The van der Waals surface area contributed by atoms with Crippen molar-refractivity contribution in [2.24, 2.45) is 0 Å². The number of carbonyl (C=O) groups excluding carboxylic acids is 1. The summed E-state index contributed by atoms with van der Waals surface area (Å²) in [5.41, 5.74) is 4.05. The third-order valence-electron chi connectivity index (χ3n) is 4.72. The molecule has 3 nitrogen and oxygen atoms in total. The first-order valence-corrected chi connectivity index (χ1v) is 8.51. The van der Waals surface area contributed by atoms with Crippen molar-refractivity contribution in [3.05, 3.63) is 83.7 Å². The summed E-state index contributed by atoms with van der Waals surface area (Å²) in [7, 11) is 1.61. The third kappa shape index (κ3) is 2.84. The molecular weight excluding hydrogens is 329 g/mol. The number of ether oxygens (including phenoxy) is 1. The molecule has 130 valence electrons. The Hall–Kier alpha value is -3.14. The van der Waals surface area contributed by atoms with Crippen molar-refractivity contribution in [3.63, 3.8) is 0 Å². The number of anilines is 1. The van der Waals surface area contributed by atoms with Gasteiger partial charge in [-0.25, -0.2) is 4.39 Å².